The van der Waals surface area contributed by atoms with Crippen LogP contribution in [-0.2, 0) is 11.2 Å². The Labute approximate surface area is 119 Å². The van der Waals surface area contributed by atoms with E-state index in [1.165, 1.54) is 17.7 Å². The van der Waals surface area contributed by atoms with Gasteiger partial charge in [0.2, 0.25) is 0 Å². The maximum atomic E-state index is 6.09. The molecule has 0 saturated heterocycles. The molecule has 2 rings (SSSR count). The first kappa shape index (κ1) is 14.9. The summed E-state index contributed by atoms with van der Waals surface area (Å²) in [5, 5.41) is 1.16. The molecule has 1 unspecified atom stereocenters. The summed E-state index contributed by atoms with van der Waals surface area (Å²) in [5.74, 6) is 5.81. The van der Waals surface area contributed by atoms with Crippen molar-refractivity contribution in [2.24, 2.45) is 5.84 Å². The van der Waals surface area contributed by atoms with Gasteiger partial charge in [-0.2, -0.15) is 0 Å². The van der Waals surface area contributed by atoms with Gasteiger partial charge in [-0.3, -0.25) is 11.3 Å². The van der Waals surface area contributed by atoms with Gasteiger partial charge in [0.25, 0.3) is 0 Å². The Kier molecular flexibility index (Phi) is 4.95. The molecule has 3 N–H and O–H groups in total. The number of nitrogens with one attached hydrogen (secondary N) is 1. The minimum Gasteiger partial charge on any atom is -0.374 e. The second-order valence-corrected chi connectivity index (χ2v) is 6.67. The van der Waals surface area contributed by atoms with Crippen LogP contribution in [0.4, 0.5) is 0 Å². The van der Waals surface area contributed by atoms with Crippen molar-refractivity contribution in [3.8, 4) is 0 Å². The molecule has 5 heteroatoms. The smallest absolute Gasteiger partial charge is 0.0948 e. The Hall–Kier alpha value is -0.490. The monoisotopic (exact) mass is 283 g/mol. The fourth-order valence-corrected chi connectivity index (χ4v) is 4.03. The Morgan fingerprint density at radius 1 is 1.42 bits per heavy atom. The van der Waals surface area contributed by atoms with E-state index in [1.807, 2.05) is 0 Å². The van der Waals surface area contributed by atoms with Gasteiger partial charge >= 0.3 is 0 Å². The van der Waals surface area contributed by atoms with Crippen molar-refractivity contribution < 1.29 is 4.74 Å². The van der Waals surface area contributed by atoms with Crippen molar-refractivity contribution in [3.63, 3.8) is 0 Å². The van der Waals surface area contributed by atoms with Gasteiger partial charge in [0.15, 0.2) is 0 Å². The normalized spacial score (nSPS) is 19.8. The third-order valence-electron chi connectivity index (χ3n) is 4.17. The van der Waals surface area contributed by atoms with Crippen LogP contribution in [0.5, 0.6) is 0 Å². The molecular formula is C14H25N3OS. The molecule has 1 aromatic heterocycles. The van der Waals surface area contributed by atoms with Crippen molar-refractivity contribution >= 4 is 11.3 Å². The molecule has 108 valence electrons. The lowest BCUT2D eigenvalue weighted by atomic mass is 9.90. The molecule has 1 aromatic rings. The highest BCUT2D eigenvalue weighted by Gasteiger charge is 2.42. The number of aryl methyl sites for hydroxylation is 2. The van der Waals surface area contributed by atoms with Gasteiger partial charge in [0.05, 0.1) is 22.3 Å². The average Bonchev–Trinajstić information content (AvgIpc) is 2.96. The van der Waals surface area contributed by atoms with Gasteiger partial charge in [-0.15, -0.1) is 11.3 Å². The summed E-state index contributed by atoms with van der Waals surface area (Å²) in [6.07, 6.45) is 5.51. The van der Waals surface area contributed by atoms with E-state index in [0.717, 1.165) is 36.6 Å². The number of rotatable bonds is 6. The summed E-state index contributed by atoms with van der Waals surface area (Å²) in [6, 6.07) is 0.153. The van der Waals surface area contributed by atoms with Crippen LogP contribution in [0.1, 0.15) is 48.2 Å². The minimum atomic E-state index is -0.100. The summed E-state index contributed by atoms with van der Waals surface area (Å²) < 4.78 is 6.09. The quantitative estimate of drug-likeness (QED) is 0.622. The van der Waals surface area contributed by atoms with Gasteiger partial charge in [-0.1, -0.05) is 12.8 Å². The van der Waals surface area contributed by atoms with Gasteiger partial charge in [-0.25, -0.2) is 4.98 Å². The summed E-state index contributed by atoms with van der Waals surface area (Å²) >= 11 is 1.77. The maximum absolute atomic E-state index is 6.09. The first-order valence-corrected chi connectivity index (χ1v) is 7.96. The zero-order chi connectivity index (χ0) is 13.9. The fraction of sp³-hybridized carbons (Fsp3) is 0.786. The molecule has 1 saturated carbocycles. The second-order valence-electron chi connectivity index (χ2n) is 5.38. The lowest BCUT2D eigenvalue weighted by Crippen LogP contribution is -2.54. The van der Waals surface area contributed by atoms with E-state index >= 15 is 0 Å². The predicted octanol–water partition coefficient (Wildman–Crippen LogP) is 2.48. The lowest BCUT2D eigenvalue weighted by molar-refractivity contribution is -0.0613. The molecule has 0 aromatic carbocycles. The van der Waals surface area contributed by atoms with Crippen LogP contribution in [0, 0.1) is 13.8 Å². The zero-order valence-electron chi connectivity index (χ0n) is 12.2. The maximum Gasteiger partial charge on any atom is 0.0948 e. The van der Waals surface area contributed by atoms with E-state index in [2.05, 4.69) is 31.2 Å². The van der Waals surface area contributed by atoms with Crippen LogP contribution < -0.4 is 11.3 Å². The Balaban J connectivity index is 2.13. The third kappa shape index (κ3) is 3.16. The standard InChI is InChI=1S/C14H25N3OS/c1-4-18-14(7-5-6-8-14)12(17-15)9-13-16-10(2)11(3)19-13/h12,17H,4-9,15H2,1-3H3. The number of thiazole rings is 1. The summed E-state index contributed by atoms with van der Waals surface area (Å²) in [4.78, 5) is 5.92. The van der Waals surface area contributed by atoms with E-state index in [4.69, 9.17) is 10.6 Å². The molecule has 1 heterocycles. The topological polar surface area (TPSA) is 60.2 Å². The van der Waals surface area contributed by atoms with Crippen molar-refractivity contribution in [3.05, 3.63) is 15.6 Å². The third-order valence-corrected chi connectivity index (χ3v) is 5.26. The fourth-order valence-electron chi connectivity index (χ4n) is 3.05. The molecule has 0 spiro atoms. The van der Waals surface area contributed by atoms with Crippen LogP contribution in [-0.4, -0.2) is 23.2 Å². The molecule has 0 aliphatic heterocycles. The van der Waals surface area contributed by atoms with Crippen molar-refractivity contribution in [2.45, 2.75) is 64.5 Å². The van der Waals surface area contributed by atoms with Gasteiger partial charge in [0, 0.05) is 17.9 Å². The number of nitrogens with two attached hydrogens (primary N) is 1. The second kappa shape index (κ2) is 6.31. The van der Waals surface area contributed by atoms with Crippen LogP contribution >= 0.6 is 11.3 Å². The van der Waals surface area contributed by atoms with E-state index in [1.54, 1.807) is 11.3 Å². The molecule has 19 heavy (non-hydrogen) atoms. The average molecular weight is 283 g/mol. The number of hydrazine groups is 1. The zero-order valence-corrected chi connectivity index (χ0v) is 13.0. The Bertz CT molecular complexity index is 393. The lowest BCUT2D eigenvalue weighted by Gasteiger charge is -2.36. The number of aromatic nitrogens is 1. The molecule has 1 aliphatic carbocycles. The highest BCUT2D eigenvalue weighted by Crippen LogP contribution is 2.37. The molecule has 1 atom stereocenters. The number of hydrogen-bond donors (Lipinski definition) is 2. The minimum absolute atomic E-state index is 0.100. The molecule has 0 radical (unpaired) electrons. The van der Waals surface area contributed by atoms with Gasteiger partial charge in [0.1, 0.15) is 0 Å². The molecule has 1 aliphatic rings. The van der Waals surface area contributed by atoms with Gasteiger partial charge < -0.3 is 4.74 Å². The van der Waals surface area contributed by atoms with Crippen LogP contribution in [0.15, 0.2) is 0 Å². The summed E-state index contributed by atoms with van der Waals surface area (Å²) in [7, 11) is 0. The first-order valence-electron chi connectivity index (χ1n) is 7.14. The molecule has 1 fully saturated rings. The highest BCUT2D eigenvalue weighted by atomic mass is 32.1. The van der Waals surface area contributed by atoms with Crippen LogP contribution in [0.2, 0.25) is 0 Å². The van der Waals surface area contributed by atoms with E-state index < -0.39 is 0 Å². The van der Waals surface area contributed by atoms with E-state index in [9.17, 15) is 0 Å². The predicted molar refractivity (Wildman–Crippen MR) is 79.2 cm³/mol. The first-order chi connectivity index (χ1) is 9.11. The van der Waals surface area contributed by atoms with Crippen molar-refractivity contribution in [1.29, 1.82) is 0 Å². The van der Waals surface area contributed by atoms with Crippen LogP contribution in [0.3, 0.4) is 0 Å². The van der Waals surface area contributed by atoms with E-state index in [-0.39, 0.29) is 11.6 Å². The highest BCUT2D eigenvalue weighted by molar-refractivity contribution is 7.11. The molecular weight excluding hydrogens is 258 g/mol. The SMILES string of the molecule is CCOC1(C(Cc2nc(C)c(C)s2)NN)CCCC1. The van der Waals surface area contributed by atoms with E-state index in [0.29, 0.717) is 0 Å². The number of hydrogen-bond acceptors (Lipinski definition) is 5. The molecule has 0 bridgehead atoms. The largest absolute Gasteiger partial charge is 0.374 e. The van der Waals surface area contributed by atoms with Crippen molar-refractivity contribution in [2.75, 3.05) is 6.61 Å². The Morgan fingerprint density at radius 2 is 2.11 bits per heavy atom. The Morgan fingerprint density at radius 3 is 2.58 bits per heavy atom. The van der Waals surface area contributed by atoms with Gasteiger partial charge in [-0.05, 0) is 33.6 Å². The summed E-state index contributed by atoms with van der Waals surface area (Å²) in [6.45, 7) is 6.99. The van der Waals surface area contributed by atoms with Crippen LogP contribution in [0.25, 0.3) is 0 Å². The number of nitrogens with zero attached hydrogens (tertiary/aromatic N) is 1. The summed E-state index contributed by atoms with van der Waals surface area (Å²) in [5.41, 5.74) is 4.02. The molecule has 0 amide bonds. The molecule has 4 nitrogen and oxygen atoms in total. The number of ether oxygens (including phenoxy) is 1. The van der Waals surface area contributed by atoms with Crippen molar-refractivity contribution in [1.82, 2.24) is 10.4 Å².